The second-order valence-electron chi connectivity index (χ2n) is 7.15. The molecule has 4 heteroatoms. The monoisotopic (exact) mass is 345 g/mol. The van der Waals surface area contributed by atoms with E-state index in [1.54, 1.807) is 13.0 Å². The van der Waals surface area contributed by atoms with Gasteiger partial charge in [0.05, 0.1) is 6.10 Å². The van der Waals surface area contributed by atoms with Gasteiger partial charge in [0.15, 0.2) is 0 Å². The molecule has 0 unspecified atom stereocenters. The Labute approximate surface area is 149 Å². The first-order valence-corrected chi connectivity index (χ1v) is 8.92. The Bertz CT molecular complexity index is 767. The van der Waals surface area contributed by atoms with Crippen molar-refractivity contribution in [3.63, 3.8) is 0 Å². The molecule has 0 spiro atoms. The maximum Gasteiger partial charge on any atom is 0.126 e. The number of aliphatic hydroxyl groups excluding tert-OH is 1. The molecule has 2 rings (SSSR count). The molecule has 0 saturated carbocycles. The standard InChI is InChI=1S/C21H28FNO2/c1-7-15-19(16-9-8-14(22)10-17(16)25)18(13(6)24)21(12(4)5)23-20(15)11(2)3/h8-13,24-25H,7H2,1-6H3/t13-/m0/s1. The van der Waals surface area contributed by atoms with Gasteiger partial charge in [0.1, 0.15) is 11.6 Å². The molecule has 2 aromatic rings. The third-order valence-electron chi connectivity index (χ3n) is 4.49. The van der Waals surface area contributed by atoms with Gasteiger partial charge in [-0.1, -0.05) is 34.6 Å². The summed E-state index contributed by atoms with van der Waals surface area (Å²) in [5.41, 5.74) is 4.84. The lowest BCUT2D eigenvalue weighted by molar-refractivity contribution is 0.197. The highest BCUT2D eigenvalue weighted by molar-refractivity contribution is 5.78. The van der Waals surface area contributed by atoms with Gasteiger partial charge in [0.2, 0.25) is 0 Å². The van der Waals surface area contributed by atoms with Crippen LogP contribution in [0, 0.1) is 5.82 Å². The number of aromatic nitrogens is 1. The smallest absolute Gasteiger partial charge is 0.126 e. The van der Waals surface area contributed by atoms with Crippen molar-refractivity contribution in [2.45, 2.75) is 65.9 Å². The Hall–Kier alpha value is -1.94. The average molecular weight is 345 g/mol. The highest BCUT2D eigenvalue weighted by Gasteiger charge is 2.26. The summed E-state index contributed by atoms with van der Waals surface area (Å²) in [6.07, 6.45) is -0.0269. The number of phenolic OH excluding ortho intramolecular Hbond substituents is 1. The first-order valence-electron chi connectivity index (χ1n) is 8.92. The fourth-order valence-corrected chi connectivity index (χ4v) is 3.40. The van der Waals surface area contributed by atoms with Crippen LogP contribution in [0.1, 0.15) is 82.0 Å². The highest BCUT2D eigenvalue weighted by atomic mass is 19.1. The summed E-state index contributed by atoms with van der Waals surface area (Å²) < 4.78 is 13.5. The molecular formula is C21H28FNO2. The van der Waals surface area contributed by atoms with Crippen LogP contribution in [0.3, 0.4) is 0 Å². The fraction of sp³-hybridized carbons (Fsp3) is 0.476. The van der Waals surface area contributed by atoms with Crippen LogP contribution in [-0.4, -0.2) is 15.2 Å². The molecule has 1 heterocycles. The molecule has 0 bridgehead atoms. The van der Waals surface area contributed by atoms with E-state index in [0.29, 0.717) is 12.0 Å². The van der Waals surface area contributed by atoms with E-state index in [4.69, 9.17) is 4.98 Å². The Morgan fingerprint density at radius 2 is 1.64 bits per heavy atom. The first kappa shape index (κ1) is 19.4. The van der Waals surface area contributed by atoms with E-state index in [1.807, 2.05) is 20.8 Å². The molecule has 0 radical (unpaired) electrons. The van der Waals surface area contributed by atoms with Crippen LogP contribution < -0.4 is 0 Å². The summed E-state index contributed by atoms with van der Waals surface area (Å²) in [6, 6.07) is 4.04. The van der Waals surface area contributed by atoms with E-state index >= 15 is 0 Å². The van der Waals surface area contributed by atoms with Gasteiger partial charge in [-0.3, -0.25) is 4.98 Å². The number of benzene rings is 1. The highest BCUT2D eigenvalue weighted by Crippen LogP contribution is 2.42. The third kappa shape index (κ3) is 3.69. The summed E-state index contributed by atoms with van der Waals surface area (Å²) >= 11 is 0. The van der Waals surface area contributed by atoms with Gasteiger partial charge < -0.3 is 10.2 Å². The lowest BCUT2D eigenvalue weighted by Gasteiger charge is -2.26. The Kier molecular flexibility index (Phi) is 5.83. The van der Waals surface area contributed by atoms with Crippen molar-refractivity contribution in [2.75, 3.05) is 0 Å². The molecule has 0 aliphatic rings. The van der Waals surface area contributed by atoms with E-state index in [9.17, 15) is 14.6 Å². The second kappa shape index (κ2) is 7.52. The Morgan fingerprint density at radius 1 is 1.04 bits per heavy atom. The summed E-state index contributed by atoms with van der Waals surface area (Å²) in [5, 5.41) is 20.9. The van der Waals surface area contributed by atoms with Crippen LogP contribution in [0.2, 0.25) is 0 Å². The van der Waals surface area contributed by atoms with Crippen molar-refractivity contribution in [2.24, 2.45) is 0 Å². The Balaban J connectivity index is 3.00. The minimum Gasteiger partial charge on any atom is -0.507 e. The summed E-state index contributed by atoms with van der Waals surface area (Å²) in [6.45, 7) is 12.0. The van der Waals surface area contributed by atoms with Gasteiger partial charge in [-0.05, 0) is 48.4 Å². The SMILES string of the molecule is CCc1c(C(C)C)nc(C(C)C)c([C@H](C)O)c1-c1ccc(F)cc1O. The fourth-order valence-electron chi connectivity index (χ4n) is 3.40. The molecule has 0 amide bonds. The maximum absolute atomic E-state index is 13.5. The van der Waals surface area contributed by atoms with Gasteiger partial charge >= 0.3 is 0 Å². The number of phenols is 1. The molecular weight excluding hydrogens is 317 g/mol. The van der Waals surface area contributed by atoms with Crippen molar-refractivity contribution in [1.82, 2.24) is 4.98 Å². The lowest BCUT2D eigenvalue weighted by atomic mass is 9.84. The van der Waals surface area contributed by atoms with Crippen LogP contribution in [0.15, 0.2) is 18.2 Å². The molecule has 136 valence electrons. The largest absolute Gasteiger partial charge is 0.507 e. The number of aliphatic hydroxyl groups is 1. The molecule has 0 fully saturated rings. The zero-order valence-corrected chi connectivity index (χ0v) is 15.9. The van der Waals surface area contributed by atoms with Crippen LogP contribution in [0.25, 0.3) is 11.1 Å². The number of nitrogens with zero attached hydrogens (tertiary/aromatic N) is 1. The molecule has 1 aromatic carbocycles. The minimum atomic E-state index is -0.740. The predicted molar refractivity (Wildman–Crippen MR) is 99.5 cm³/mol. The van der Waals surface area contributed by atoms with Crippen LogP contribution in [0.4, 0.5) is 4.39 Å². The quantitative estimate of drug-likeness (QED) is 0.757. The van der Waals surface area contributed by atoms with Crippen LogP contribution in [-0.2, 0) is 6.42 Å². The summed E-state index contributed by atoms with van der Waals surface area (Å²) in [5.74, 6) is -0.279. The molecule has 3 nitrogen and oxygen atoms in total. The number of halogens is 1. The second-order valence-corrected chi connectivity index (χ2v) is 7.15. The number of hydrogen-bond donors (Lipinski definition) is 2. The molecule has 0 aliphatic carbocycles. The summed E-state index contributed by atoms with van der Waals surface area (Å²) in [4.78, 5) is 4.88. The van der Waals surface area contributed by atoms with Crippen molar-refractivity contribution < 1.29 is 14.6 Å². The van der Waals surface area contributed by atoms with E-state index in [1.165, 1.54) is 6.07 Å². The molecule has 25 heavy (non-hydrogen) atoms. The van der Waals surface area contributed by atoms with Crippen molar-refractivity contribution >= 4 is 0 Å². The number of rotatable bonds is 5. The van der Waals surface area contributed by atoms with Gasteiger partial charge in [-0.25, -0.2) is 4.39 Å². The van der Waals surface area contributed by atoms with Crippen LogP contribution >= 0.6 is 0 Å². The van der Waals surface area contributed by atoms with Crippen molar-refractivity contribution in [1.29, 1.82) is 0 Å². The average Bonchev–Trinajstić information content (AvgIpc) is 2.52. The molecule has 1 aromatic heterocycles. The number of aromatic hydroxyl groups is 1. The number of pyridine rings is 1. The lowest BCUT2D eigenvalue weighted by Crippen LogP contribution is -2.13. The zero-order chi connectivity index (χ0) is 18.9. The number of hydrogen-bond acceptors (Lipinski definition) is 3. The Morgan fingerprint density at radius 3 is 2.08 bits per heavy atom. The molecule has 1 atom stereocenters. The van der Waals surface area contributed by atoms with E-state index in [0.717, 1.165) is 34.1 Å². The van der Waals surface area contributed by atoms with Gasteiger partial charge in [0.25, 0.3) is 0 Å². The van der Waals surface area contributed by atoms with Crippen LogP contribution in [0.5, 0.6) is 5.75 Å². The van der Waals surface area contributed by atoms with E-state index in [-0.39, 0.29) is 17.6 Å². The molecule has 0 saturated heterocycles. The van der Waals surface area contributed by atoms with Crippen molar-refractivity contribution in [3.8, 4) is 16.9 Å². The van der Waals surface area contributed by atoms with Crippen molar-refractivity contribution in [3.05, 3.63) is 46.5 Å². The topological polar surface area (TPSA) is 53.4 Å². The van der Waals surface area contributed by atoms with Gasteiger partial charge in [-0.2, -0.15) is 0 Å². The zero-order valence-electron chi connectivity index (χ0n) is 15.9. The van der Waals surface area contributed by atoms with E-state index in [2.05, 4.69) is 13.8 Å². The normalized spacial score (nSPS) is 12.9. The third-order valence-corrected chi connectivity index (χ3v) is 4.49. The first-order chi connectivity index (χ1) is 11.7. The van der Waals surface area contributed by atoms with E-state index < -0.39 is 11.9 Å². The predicted octanol–water partition coefficient (Wildman–Crippen LogP) is 5.46. The molecule has 0 aliphatic heterocycles. The van der Waals surface area contributed by atoms with Gasteiger partial charge in [-0.15, -0.1) is 0 Å². The molecule has 2 N–H and O–H groups in total. The van der Waals surface area contributed by atoms with Gasteiger partial charge in [0, 0.05) is 28.6 Å². The minimum absolute atomic E-state index is 0.118. The summed E-state index contributed by atoms with van der Waals surface area (Å²) in [7, 11) is 0. The maximum atomic E-state index is 13.5.